The molecule has 0 bridgehead atoms. The van der Waals surface area contributed by atoms with E-state index in [4.69, 9.17) is 11.2 Å². The van der Waals surface area contributed by atoms with Gasteiger partial charge in [0.2, 0.25) is 0 Å². The van der Waals surface area contributed by atoms with Gasteiger partial charge in [0, 0.05) is 51.3 Å². The number of ether oxygens (including phenoxy) is 1. The molecule has 0 unspecified atom stereocenters. The van der Waals surface area contributed by atoms with Crippen molar-refractivity contribution >= 4 is 43.4 Å². The van der Waals surface area contributed by atoms with Gasteiger partial charge in [0.1, 0.15) is 12.4 Å². The molecule has 0 radical (unpaired) electrons. The summed E-state index contributed by atoms with van der Waals surface area (Å²) in [5, 5.41) is 3.43. The van der Waals surface area contributed by atoms with Crippen molar-refractivity contribution in [3.05, 3.63) is 49.2 Å². The number of carbonyl (C=O) groups excluding carboxylic acids is 2. The predicted octanol–water partition coefficient (Wildman–Crippen LogP) is 4.92. The van der Waals surface area contributed by atoms with E-state index in [1.54, 1.807) is 0 Å². The summed E-state index contributed by atoms with van der Waals surface area (Å²) in [5.74, 6) is 2.86. The highest BCUT2D eigenvalue weighted by molar-refractivity contribution is 9.11. The van der Waals surface area contributed by atoms with E-state index in [0.29, 0.717) is 29.7 Å². The van der Waals surface area contributed by atoms with Gasteiger partial charge in [-0.05, 0) is 53.7 Å². The lowest BCUT2D eigenvalue weighted by atomic mass is 9.71. The van der Waals surface area contributed by atoms with E-state index in [1.807, 2.05) is 12.1 Å². The maximum atomic E-state index is 13.0. The van der Waals surface area contributed by atoms with Crippen LogP contribution >= 0.6 is 31.9 Å². The Balaban J connectivity index is 1.96. The standard InChI is InChI=1S/C22H19Br2NO3/c1-2-9-28-22-13(10-12(23)11-14(22)24)19-20-15(5-3-7-17(20)26)25-16-6-4-8-18(27)21(16)19/h1,10-11,19,25H,3-9H2. The Kier molecular flexibility index (Phi) is 5.48. The molecule has 144 valence electrons. The Labute approximate surface area is 181 Å². The second-order valence-electron chi connectivity index (χ2n) is 7.19. The number of nitrogens with one attached hydrogen (secondary N) is 1. The number of dihydropyridines is 1. The zero-order valence-electron chi connectivity index (χ0n) is 15.2. The quantitative estimate of drug-likeness (QED) is 0.593. The van der Waals surface area contributed by atoms with Crippen LogP contribution in [-0.2, 0) is 9.59 Å². The van der Waals surface area contributed by atoms with Crippen LogP contribution in [0.4, 0.5) is 0 Å². The van der Waals surface area contributed by atoms with Crippen LogP contribution in [0.5, 0.6) is 5.75 Å². The van der Waals surface area contributed by atoms with Crippen molar-refractivity contribution in [3.8, 4) is 18.1 Å². The molecule has 1 aromatic rings. The molecule has 1 heterocycles. The number of ketones is 2. The molecular formula is C22H19Br2NO3. The summed E-state index contributed by atoms with van der Waals surface area (Å²) in [5.41, 5.74) is 4.11. The van der Waals surface area contributed by atoms with Gasteiger partial charge in [-0.1, -0.05) is 21.9 Å². The van der Waals surface area contributed by atoms with E-state index < -0.39 is 5.92 Å². The number of halogens is 2. The molecule has 4 rings (SSSR count). The third-order valence-electron chi connectivity index (χ3n) is 5.44. The van der Waals surface area contributed by atoms with Crippen molar-refractivity contribution < 1.29 is 14.3 Å². The number of Topliss-reactive ketones (excluding diaryl/α,β-unsaturated/α-hetero) is 2. The molecule has 3 aliphatic rings. The molecule has 1 aliphatic heterocycles. The number of rotatable bonds is 3. The highest BCUT2D eigenvalue weighted by atomic mass is 79.9. The largest absolute Gasteiger partial charge is 0.479 e. The normalized spacial score (nSPS) is 19.8. The summed E-state index contributed by atoms with van der Waals surface area (Å²) in [7, 11) is 0. The summed E-state index contributed by atoms with van der Waals surface area (Å²) in [6.45, 7) is 0.109. The molecule has 0 saturated heterocycles. The SMILES string of the molecule is C#CCOc1c(Br)cc(Br)cc1C1C2=C(CCCC2=O)NC2=C1C(=O)CCC2. The third-order valence-corrected chi connectivity index (χ3v) is 6.49. The minimum atomic E-state index is -0.423. The van der Waals surface area contributed by atoms with Crippen LogP contribution in [0.3, 0.4) is 0 Å². The van der Waals surface area contributed by atoms with E-state index >= 15 is 0 Å². The molecule has 0 saturated carbocycles. The molecule has 0 amide bonds. The molecule has 28 heavy (non-hydrogen) atoms. The molecule has 0 atom stereocenters. The van der Waals surface area contributed by atoms with Crippen LogP contribution in [-0.4, -0.2) is 18.2 Å². The first kappa shape index (κ1) is 19.5. The Morgan fingerprint density at radius 1 is 1.04 bits per heavy atom. The smallest absolute Gasteiger partial charge is 0.161 e. The van der Waals surface area contributed by atoms with Crippen molar-refractivity contribution in [2.45, 2.75) is 44.4 Å². The lowest BCUT2D eigenvalue weighted by molar-refractivity contribution is -0.116. The van der Waals surface area contributed by atoms with Crippen molar-refractivity contribution in [1.29, 1.82) is 0 Å². The number of hydrogen-bond acceptors (Lipinski definition) is 4. The van der Waals surface area contributed by atoms with Gasteiger partial charge in [0.25, 0.3) is 0 Å². The fourth-order valence-corrected chi connectivity index (χ4v) is 5.73. The Hall–Kier alpha value is -1.84. The Bertz CT molecular complexity index is 942. The molecule has 1 aromatic carbocycles. The summed E-state index contributed by atoms with van der Waals surface area (Å²) < 4.78 is 7.44. The second kappa shape index (κ2) is 7.88. The van der Waals surface area contributed by atoms with Gasteiger partial charge < -0.3 is 10.1 Å². The molecule has 0 fully saturated rings. The van der Waals surface area contributed by atoms with Gasteiger partial charge in [0.15, 0.2) is 11.6 Å². The average Bonchev–Trinajstić information content (AvgIpc) is 2.66. The lowest BCUT2D eigenvalue weighted by Gasteiger charge is -2.37. The van der Waals surface area contributed by atoms with Crippen LogP contribution in [0, 0.1) is 12.3 Å². The summed E-state index contributed by atoms with van der Waals surface area (Å²) in [6.07, 6.45) is 9.71. The van der Waals surface area contributed by atoms with E-state index in [1.165, 1.54) is 0 Å². The fourth-order valence-electron chi connectivity index (χ4n) is 4.36. The molecule has 2 aliphatic carbocycles. The van der Waals surface area contributed by atoms with Gasteiger partial charge in [-0.15, -0.1) is 6.42 Å². The number of terminal acetylenes is 1. The first-order valence-corrected chi connectivity index (χ1v) is 10.9. The summed E-state index contributed by atoms with van der Waals surface area (Å²) in [4.78, 5) is 25.9. The second-order valence-corrected chi connectivity index (χ2v) is 8.96. The lowest BCUT2D eigenvalue weighted by Crippen LogP contribution is -2.36. The molecule has 1 N–H and O–H groups in total. The molecule has 6 heteroatoms. The molecule has 0 spiro atoms. The van der Waals surface area contributed by atoms with Crippen LogP contribution in [0.25, 0.3) is 0 Å². The number of carbonyl (C=O) groups is 2. The Morgan fingerprint density at radius 3 is 2.21 bits per heavy atom. The first-order valence-electron chi connectivity index (χ1n) is 9.36. The van der Waals surface area contributed by atoms with Gasteiger partial charge in [-0.2, -0.15) is 0 Å². The zero-order chi connectivity index (χ0) is 19.8. The van der Waals surface area contributed by atoms with Crippen molar-refractivity contribution in [2.75, 3.05) is 6.61 Å². The number of allylic oxidation sites excluding steroid dienone is 4. The maximum absolute atomic E-state index is 13.0. The molecule has 0 aromatic heterocycles. The van der Waals surface area contributed by atoms with Gasteiger partial charge in [0.05, 0.1) is 4.47 Å². The number of hydrogen-bond donors (Lipinski definition) is 1. The van der Waals surface area contributed by atoms with E-state index in [0.717, 1.165) is 51.6 Å². The van der Waals surface area contributed by atoms with Crippen LogP contribution < -0.4 is 10.1 Å². The van der Waals surface area contributed by atoms with Crippen molar-refractivity contribution in [2.24, 2.45) is 0 Å². The highest BCUT2D eigenvalue weighted by Gasteiger charge is 2.41. The Morgan fingerprint density at radius 2 is 1.64 bits per heavy atom. The topological polar surface area (TPSA) is 55.4 Å². The highest BCUT2D eigenvalue weighted by Crippen LogP contribution is 2.49. The van der Waals surface area contributed by atoms with E-state index in [2.05, 4.69) is 43.1 Å². The molecular weight excluding hydrogens is 486 g/mol. The van der Waals surface area contributed by atoms with Crippen LogP contribution in [0.2, 0.25) is 0 Å². The zero-order valence-corrected chi connectivity index (χ0v) is 18.4. The van der Waals surface area contributed by atoms with Gasteiger partial charge in [-0.25, -0.2) is 0 Å². The minimum Gasteiger partial charge on any atom is -0.479 e. The third kappa shape index (κ3) is 3.35. The fraction of sp³-hybridized carbons (Fsp3) is 0.364. The monoisotopic (exact) mass is 503 g/mol. The number of benzene rings is 1. The van der Waals surface area contributed by atoms with E-state index in [9.17, 15) is 9.59 Å². The van der Waals surface area contributed by atoms with Crippen molar-refractivity contribution in [1.82, 2.24) is 5.32 Å². The molecule has 4 nitrogen and oxygen atoms in total. The van der Waals surface area contributed by atoms with E-state index in [-0.39, 0.29) is 18.2 Å². The summed E-state index contributed by atoms with van der Waals surface area (Å²) >= 11 is 7.10. The predicted molar refractivity (Wildman–Crippen MR) is 114 cm³/mol. The van der Waals surface area contributed by atoms with Crippen molar-refractivity contribution in [3.63, 3.8) is 0 Å². The maximum Gasteiger partial charge on any atom is 0.161 e. The summed E-state index contributed by atoms with van der Waals surface area (Å²) in [6, 6.07) is 3.82. The van der Waals surface area contributed by atoms with Crippen LogP contribution in [0.15, 0.2) is 43.6 Å². The van der Waals surface area contributed by atoms with Crippen LogP contribution in [0.1, 0.15) is 50.0 Å². The van der Waals surface area contributed by atoms with Gasteiger partial charge >= 0.3 is 0 Å². The average molecular weight is 505 g/mol. The minimum absolute atomic E-state index is 0.0997. The first-order chi connectivity index (χ1) is 13.5. The van der Waals surface area contributed by atoms with Gasteiger partial charge in [-0.3, -0.25) is 9.59 Å².